The maximum atomic E-state index is 12.9. The van der Waals surface area contributed by atoms with Crippen molar-refractivity contribution in [3.8, 4) is 17.2 Å². The molecular weight excluding hydrogens is 379 g/mol. The van der Waals surface area contributed by atoms with Crippen molar-refractivity contribution in [2.24, 2.45) is 0 Å². The van der Waals surface area contributed by atoms with Crippen LogP contribution >= 0.6 is 0 Å². The summed E-state index contributed by atoms with van der Waals surface area (Å²) in [5.41, 5.74) is 5.56. The zero-order valence-corrected chi connectivity index (χ0v) is 16.7. The van der Waals surface area contributed by atoms with E-state index in [9.17, 15) is 14.0 Å². The lowest BCUT2D eigenvalue weighted by atomic mass is 10.1. The molecule has 2 N–H and O–H groups in total. The third kappa shape index (κ3) is 6.38. The van der Waals surface area contributed by atoms with Crippen LogP contribution in [-0.2, 0) is 11.2 Å². The minimum absolute atomic E-state index is 0.00176. The van der Waals surface area contributed by atoms with Gasteiger partial charge in [0.15, 0.2) is 11.5 Å². The summed E-state index contributed by atoms with van der Waals surface area (Å²) in [7, 11) is 0. The molecule has 0 spiro atoms. The first-order valence-corrected chi connectivity index (χ1v) is 9.38. The van der Waals surface area contributed by atoms with E-state index in [-0.39, 0.29) is 17.8 Å². The van der Waals surface area contributed by atoms with Crippen LogP contribution in [0.4, 0.5) is 4.39 Å². The highest BCUT2D eigenvalue weighted by atomic mass is 19.1. The zero-order valence-electron chi connectivity index (χ0n) is 16.7. The van der Waals surface area contributed by atoms with Gasteiger partial charge in [0, 0.05) is 5.56 Å². The molecule has 29 heavy (non-hydrogen) atoms. The van der Waals surface area contributed by atoms with Gasteiger partial charge in [0.05, 0.1) is 26.2 Å². The Kier molecular flexibility index (Phi) is 8.27. The molecule has 0 saturated carbocycles. The van der Waals surface area contributed by atoms with Crippen LogP contribution in [0.5, 0.6) is 17.2 Å². The van der Waals surface area contributed by atoms with Gasteiger partial charge in [-0.3, -0.25) is 20.4 Å². The summed E-state index contributed by atoms with van der Waals surface area (Å²) in [5.74, 6) is -0.180. The van der Waals surface area contributed by atoms with Crippen molar-refractivity contribution in [3.05, 3.63) is 53.3 Å². The molecule has 156 valence electrons. The maximum Gasteiger partial charge on any atom is 0.269 e. The number of ether oxygens (including phenoxy) is 3. The highest BCUT2D eigenvalue weighted by Gasteiger charge is 2.18. The topological polar surface area (TPSA) is 85.9 Å². The quantitative estimate of drug-likeness (QED) is 0.628. The fraction of sp³-hybridized carbons (Fsp3) is 0.333. The molecule has 2 rings (SSSR count). The molecule has 0 aromatic heterocycles. The molecule has 0 aliphatic rings. The summed E-state index contributed by atoms with van der Waals surface area (Å²) in [5, 5.41) is 0. The van der Waals surface area contributed by atoms with Crippen LogP contribution in [0, 0.1) is 5.82 Å². The minimum atomic E-state index is -0.539. The van der Waals surface area contributed by atoms with Gasteiger partial charge in [-0.25, -0.2) is 4.39 Å². The number of hydrogen-bond donors (Lipinski definition) is 2. The normalized spacial score (nSPS) is 10.2. The molecule has 0 atom stereocenters. The summed E-state index contributed by atoms with van der Waals surface area (Å²) >= 11 is 0. The van der Waals surface area contributed by atoms with E-state index in [1.54, 1.807) is 0 Å². The Morgan fingerprint density at radius 2 is 1.41 bits per heavy atom. The van der Waals surface area contributed by atoms with Gasteiger partial charge in [-0.05, 0) is 50.6 Å². The van der Waals surface area contributed by atoms with Crippen molar-refractivity contribution < 1.29 is 28.2 Å². The third-order valence-corrected chi connectivity index (χ3v) is 3.76. The van der Waals surface area contributed by atoms with Crippen LogP contribution in [0.1, 0.15) is 36.7 Å². The fourth-order valence-electron chi connectivity index (χ4n) is 2.55. The monoisotopic (exact) mass is 404 g/mol. The molecule has 0 heterocycles. The van der Waals surface area contributed by atoms with Gasteiger partial charge in [-0.1, -0.05) is 12.1 Å². The van der Waals surface area contributed by atoms with Crippen molar-refractivity contribution >= 4 is 11.8 Å². The van der Waals surface area contributed by atoms with E-state index in [0.717, 1.165) is 0 Å². The maximum absolute atomic E-state index is 12.9. The lowest BCUT2D eigenvalue weighted by molar-refractivity contribution is -0.121. The number of benzene rings is 2. The number of carbonyl (C=O) groups excluding carboxylic acids is 2. The van der Waals surface area contributed by atoms with E-state index in [1.165, 1.54) is 36.4 Å². The average molecular weight is 404 g/mol. The lowest BCUT2D eigenvalue weighted by Crippen LogP contribution is -2.42. The molecule has 7 nitrogen and oxygen atoms in total. The number of halogens is 1. The Morgan fingerprint density at radius 3 is 1.93 bits per heavy atom. The minimum Gasteiger partial charge on any atom is -0.490 e. The Bertz CT molecular complexity index is 812. The summed E-state index contributed by atoms with van der Waals surface area (Å²) in [6.07, 6.45) is -0.00176. The van der Waals surface area contributed by atoms with E-state index in [2.05, 4.69) is 10.9 Å². The van der Waals surface area contributed by atoms with Crippen LogP contribution in [0.2, 0.25) is 0 Å². The van der Waals surface area contributed by atoms with Gasteiger partial charge in [-0.15, -0.1) is 0 Å². The van der Waals surface area contributed by atoms with Gasteiger partial charge in [0.25, 0.3) is 5.91 Å². The molecule has 0 radical (unpaired) electrons. The molecule has 0 fully saturated rings. The lowest BCUT2D eigenvalue weighted by Gasteiger charge is -2.17. The summed E-state index contributed by atoms with van der Waals surface area (Å²) in [4.78, 5) is 24.5. The molecule has 0 unspecified atom stereocenters. The van der Waals surface area contributed by atoms with Crippen LogP contribution in [-0.4, -0.2) is 31.6 Å². The fourth-order valence-corrected chi connectivity index (χ4v) is 2.55. The second kappa shape index (κ2) is 10.9. The first-order valence-electron chi connectivity index (χ1n) is 9.38. The van der Waals surface area contributed by atoms with Gasteiger partial charge < -0.3 is 14.2 Å². The molecule has 2 aromatic rings. The predicted octanol–water partition coefficient (Wildman–Crippen LogP) is 3.03. The van der Waals surface area contributed by atoms with Gasteiger partial charge in [0.1, 0.15) is 5.82 Å². The van der Waals surface area contributed by atoms with Crippen LogP contribution in [0.15, 0.2) is 36.4 Å². The molecule has 2 aromatic carbocycles. The Hall–Kier alpha value is -3.29. The average Bonchev–Trinajstić information content (AvgIpc) is 2.70. The number of carbonyl (C=O) groups is 2. The summed E-state index contributed by atoms with van der Waals surface area (Å²) < 4.78 is 29.7. The molecule has 0 aliphatic heterocycles. The summed E-state index contributed by atoms with van der Waals surface area (Å²) in [6.45, 7) is 6.64. The first kappa shape index (κ1) is 22.0. The molecule has 2 amide bonds. The standard InChI is InChI=1S/C21H25FN2O5/c1-4-27-17-12-15(13-18(28-5-2)20(17)29-6-3)21(26)24-23-19(25)11-14-7-9-16(22)10-8-14/h7-10,12-13H,4-6,11H2,1-3H3,(H,23,25)(H,24,26). The Balaban J connectivity index is 2.10. The SMILES string of the molecule is CCOc1cc(C(=O)NNC(=O)Cc2ccc(F)cc2)cc(OCC)c1OCC. The molecule has 8 heteroatoms. The van der Waals surface area contributed by atoms with Crippen LogP contribution < -0.4 is 25.1 Å². The second-order valence-corrected chi connectivity index (χ2v) is 5.91. The highest BCUT2D eigenvalue weighted by Crippen LogP contribution is 2.39. The van der Waals surface area contributed by atoms with Gasteiger partial charge in [-0.2, -0.15) is 0 Å². The van der Waals surface area contributed by atoms with Gasteiger partial charge >= 0.3 is 0 Å². The van der Waals surface area contributed by atoms with Crippen molar-refractivity contribution in [1.82, 2.24) is 10.9 Å². The molecule has 0 bridgehead atoms. The van der Waals surface area contributed by atoms with Crippen molar-refractivity contribution in [2.45, 2.75) is 27.2 Å². The number of rotatable bonds is 9. The Labute approximate surface area is 169 Å². The van der Waals surface area contributed by atoms with E-state index in [0.29, 0.717) is 42.6 Å². The van der Waals surface area contributed by atoms with E-state index in [1.807, 2.05) is 20.8 Å². The summed E-state index contributed by atoms with van der Waals surface area (Å²) in [6, 6.07) is 8.60. The second-order valence-electron chi connectivity index (χ2n) is 5.91. The van der Waals surface area contributed by atoms with Crippen molar-refractivity contribution in [2.75, 3.05) is 19.8 Å². The molecular formula is C21H25FN2O5. The third-order valence-electron chi connectivity index (χ3n) is 3.76. The van der Waals surface area contributed by atoms with Crippen molar-refractivity contribution in [3.63, 3.8) is 0 Å². The van der Waals surface area contributed by atoms with Crippen molar-refractivity contribution in [1.29, 1.82) is 0 Å². The largest absolute Gasteiger partial charge is 0.490 e. The van der Waals surface area contributed by atoms with Crippen LogP contribution in [0.3, 0.4) is 0 Å². The first-order chi connectivity index (χ1) is 14.0. The van der Waals surface area contributed by atoms with E-state index in [4.69, 9.17) is 14.2 Å². The van der Waals surface area contributed by atoms with Crippen LogP contribution in [0.25, 0.3) is 0 Å². The Morgan fingerprint density at radius 1 is 0.862 bits per heavy atom. The molecule has 0 saturated heterocycles. The number of amides is 2. The number of nitrogens with one attached hydrogen (secondary N) is 2. The number of hydrogen-bond acceptors (Lipinski definition) is 5. The smallest absolute Gasteiger partial charge is 0.269 e. The van der Waals surface area contributed by atoms with E-state index < -0.39 is 11.8 Å². The predicted molar refractivity (Wildman–Crippen MR) is 106 cm³/mol. The highest BCUT2D eigenvalue weighted by molar-refractivity contribution is 5.96. The van der Waals surface area contributed by atoms with Gasteiger partial charge in [0.2, 0.25) is 11.7 Å². The zero-order chi connectivity index (χ0) is 21.2. The molecule has 0 aliphatic carbocycles. The number of hydrazine groups is 1. The van der Waals surface area contributed by atoms with E-state index >= 15 is 0 Å².